The van der Waals surface area contributed by atoms with E-state index >= 15 is 0 Å². The summed E-state index contributed by atoms with van der Waals surface area (Å²) in [6, 6.07) is 6.81. The molecule has 0 saturated carbocycles. The molecule has 0 spiro atoms. The molecule has 1 aromatic carbocycles. The Balaban J connectivity index is 2.40. The van der Waals surface area contributed by atoms with Crippen molar-refractivity contribution >= 4 is 5.78 Å². The number of carbonyl (C=O) groups is 1. The van der Waals surface area contributed by atoms with Gasteiger partial charge in [-0.05, 0) is 19.1 Å². The zero-order valence-corrected chi connectivity index (χ0v) is 14.1. The normalized spacial score (nSPS) is 12.4. The summed E-state index contributed by atoms with van der Waals surface area (Å²) < 4.78 is 10.7. The molecule has 0 heterocycles. The number of aliphatic hydroxyl groups excluding tert-OH is 3. The number of ether oxygens (including phenoxy) is 2. The molecule has 0 aliphatic carbocycles. The highest BCUT2D eigenvalue weighted by atomic mass is 16.5. The van der Waals surface area contributed by atoms with Crippen LogP contribution in [0.25, 0.3) is 0 Å². The van der Waals surface area contributed by atoms with Crippen molar-refractivity contribution in [1.29, 1.82) is 0 Å². The molecule has 0 aliphatic heterocycles. The van der Waals surface area contributed by atoms with Crippen LogP contribution in [0.1, 0.15) is 17.3 Å². The van der Waals surface area contributed by atoms with E-state index in [4.69, 9.17) is 19.7 Å². The van der Waals surface area contributed by atoms with Crippen molar-refractivity contribution in [3.63, 3.8) is 0 Å². The van der Waals surface area contributed by atoms with E-state index in [9.17, 15) is 9.90 Å². The molecule has 0 saturated heterocycles. The van der Waals surface area contributed by atoms with Crippen LogP contribution in [0.15, 0.2) is 24.3 Å². The number of carbonyl (C=O) groups excluding carboxylic acids is 1. The second kappa shape index (κ2) is 11.9. The molecular weight excluding hydrogens is 314 g/mol. The lowest BCUT2D eigenvalue weighted by atomic mass is 10.1. The highest BCUT2D eigenvalue weighted by Crippen LogP contribution is 2.14. The van der Waals surface area contributed by atoms with Crippen LogP contribution in [-0.2, 0) is 4.74 Å². The first-order valence-electron chi connectivity index (χ1n) is 8.00. The minimum Gasteiger partial charge on any atom is -0.491 e. The summed E-state index contributed by atoms with van der Waals surface area (Å²) in [5.74, 6) is 0.486. The van der Waals surface area contributed by atoms with Gasteiger partial charge in [-0.1, -0.05) is 12.1 Å². The first-order valence-corrected chi connectivity index (χ1v) is 8.00. The van der Waals surface area contributed by atoms with E-state index in [0.29, 0.717) is 37.6 Å². The van der Waals surface area contributed by atoms with E-state index in [-0.39, 0.29) is 32.2 Å². The molecule has 24 heavy (non-hydrogen) atoms. The lowest BCUT2D eigenvalue weighted by Gasteiger charge is -2.24. The van der Waals surface area contributed by atoms with Gasteiger partial charge < -0.3 is 24.8 Å². The molecule has 7 nitrogen and oxygen atoms in total. The Morgan fingerprint density at radius 3 is 2.67 bits per heavy atom. The fourth-order valence-electron chi connectivity index (χ4n) is 2.14. The van der Waals surface area contributed by atoms with Crippen molar-refractivity contribution in [2.45, 2.75) is 13.0 Å². The SMILES string of the molecule is CC(=O)c1cccc(OC[C@@H](O)CN(CCO)CCOCCO)c1. The van der Waals surface area contributed by atoms with Crippen molar-refractivity contribution in [3.8, 4) is 5.75 Å². The van der Waals surface area contributed by atoms with Crippen LogP contribution < -0.4 is 4.74 Å². The molecule has 0 aliphatic rings. The second-order valence-electron chi connectivity index (χ2n) is 5.41. The molecule has 136 valence electrons. The van der Waals surface area contributed by atoms with Crippen LogP contribution in [-0.4, -0.2) is 84.8 Å². The average Bonchev–Trinajstić information content (AvgIpc) is 2.57. The van der Waals surface area contributed by atoms with Gasteiger partial charge in [-0.25, -0.2) is 0 Å². The summed E-state index contributed by atoms with van der Waals surface area (Å²) in [5.41, 5.74) is 0.560. The number of ketones is 1. The smallest absolute Gasteiger partial charge is 0.159 e. The molecule has 0 unspecified atom stereocenters. The largest absolute Gasteiger partial charge is 0.491 e. The van der Waals surface area contributed by atoms with Gasteiger partial charge in [0, 0.05) is 25.2 Å². The number of rotatable bonds is 13. The summed E-state index contributed by atoms with van der Waals surface area (Å²) in [5, 5.41) is 27.8. The highest BCUT2D eigenvalue weighted by molar-refractivity contribution is 5.94. The number of Topliss-reactive ketones (excluding diaryl/α,β-unsaturated/α-hetero) is 1. The van der Waals surface area contributed by atoms with Gasteiger partial charge >= 0.3 is 0 Å². The minimum absolute atomic E-state index is 0.0196. The van der Waals surface area contributed by atoms with Crippen molar-refractivity contribution < 1.29 is 29.6 Å². The van der Waals surface area contributed by atoms with E-state index in [0.717, 1.165) is 0 Å². The third-order valence-electron chi connectivity index (χ3n) is 3.36. The van der Waals surface area contributed by atoms with Crippen LogP contribution in [0.3, 0.4) is 0 Å². The second-order valence-corrected chi connectivity index (χ2v) is 5.41. The van der Waals surface area contributed by atoms with Crippen LogP contribution in [0.2, 0.25) is 0 Å². The molecule has 0 bridgehead atoms. The fraction of sp³-hybridized carbons (Fsp3) is 0.588. The summed E-state index contributed by atoms with van der Waals surface area (Å²) >= 11 is 0. The fourth-order valence-corrected chi connectivity index (χ4v) is 2.14. The van der Waals surface area contributed by atoms with Gasteiger partial charge in [0.15, 0.2) is 5.78 Å². The zero-order valence-electron chi connectivity index (χ0n) is 14.1. The zero-order chi connectivity index (χ0) is 17.8. The van der Waals surface area contributed by atoms with Gasteiger partial charge in [0.1, 0.15) is 18.5 Å². The number of benzene rings is 1. The van der Waals surface area contributed by atoms with Crippen molar-refractivity contribution in [2.24, 2.45) is 0 Å². The van der Waals surface area contributed by atoms with Crippen LogP contribution in [0, 0.1) is 0 Å². The molecule has 1 atom stereocenters. The molecule has 1 rings (SSSR count). The first-order chi connectivity index (χ1) is 11.6. The molecule has 3 N–H and O–H groups in total. The van der Waals surface area contributed by atoms with Gasteiger partial charge in [-0.3, -0.25) is 9.69 Å². The Morgan fingerprint density at radius 1 is 1.21 bits per heavy atom. The molecular formula is C17H27NO6. The number of hydrogen-bond donors (Lipinski definition) is 3. The summed E-state index contributed by atoms with van der Waals surface area (Å²) in [6.07, 6.45) is -0.740. The van der Waals surface area contributed by atoms with E-state index in [1.807, 2.05) is 4.90 Å². The highest BCUT2D eigenvalue weighted by Gasteiger charge is 2.12. The molecule has 0 aromatic heterocycles. The van der Waals surface area contributed by atoms with E-state index in [1.54, 1.807) is 24.3 Å². The lowest BCUT2D eigenvalue weighted by Crippen LogP contribution is -2.39. The minimum atomic E-state index is -0.740. The molecule has 0 amide bonds. The van der Waals surface area contributed by atoms with E-state index < -0.39 is 6.10 Å². The topological polar surface area (TPSA) is 99.5 Å². The summed E-state index contributed by atoms with van der Waals surface area (Å²) in [7, 11) is 0. The van der Waals surface area contributed by atoms with Gasteiger partial charge in [0.05, 0.1) is 26.4 Å². The number of hydrogen-bond acceptors (Lipinski definition) is 7. The maximum atomic E-state index is 11.3. The van der Waals surface area contributed by atoms with Gasteiger partial charge in [0.25, 0.3) is 0 Å². The summed E-state index contributed by atoms with van der Waals surface area (Å²) in [6.45, 7) is 3.48. The average molecular weight is 341 g/mol. The Labute approximate surface area is 142 Å². The standard InChI is InChI=1S/C17H27NO6/c1-14(21)15-3-2-4-17(11-15)24-13-16(22)12-18(5-7-19)6-9-23-10-8-20/h2-4,11,16,19-20,22H,5-10,12-13H2,1H3/t16-/m0/s1. The Bertz CT molecular complexity index is 482. The van der Waals surface area contributed by atoms with Crippen molar-refractivity contribution in [1.82, 2.24) is 4.90 Å². The van der Waals surface area contributed by atoms with Gasteiger partial charge in [0.2, 0.25) is 0 Å². The van der Waals surface area contributed by atoms with E-state index in [2.05, 4.69) is 0 Å². The third-order valence-corrected chi connectivity index (χ3v) is 3.36. The third kappa shape index (κ3) is 8.37. The molecule has 0 fully saturated rings. The Kier molecular flexibility index (Phi) is 10.2. The Morgan fingerprint density at radius 2 is 2.00 bits per heavy atom. The number of nitrogens with zero attached hydrogens (tertiary/aromatic N) is 1. The maximum Gasteiger partial charge on any atom is 0.159 e. The van der Waals surface area contributed by atoms with Crippen LogP contribution in [0.5, 0.6) is 5.75 Å². The van der Waals surface area contributed by atoms with Crippen LogP contribution in [0.4, 0.5) is 0 Å². The summed E-state index contributed by atoms with van der Waals surface area (Å²) in [4.78, 5) is 13.2. The van der Waals surface area contributed by atoms with Crippen LogP contribution >= 0.6 is 0 Å². The Hall–Kier alpha value is -1.51. The van der Waals surface area contributed by atoms with Gasteiger partial charge in [-0.2, -0.15) is 0 Å². The number of aliphatic hydroxyl groups is 3. The molecule has 0 radical (unpaired) electrons. The first kappa shape index (κ1) is 20.5. The van der Waals surface area contributed by atoms with Crippen molar-refractivity contribution in [2.75, 3.05) is 52.7 Å². The molecule has 1 aromatic rings. The quantitative estimate of drug-likeness (QED) is 0.341. The van der Waals surface area contributed by atoms with Gasteiger partial charge in [-0.15, -0.1) is 0 Å². The lowest BCUT2D eigenvalue weighted by molar-refractivity contribution is 0.0363. The maximum absolute atomic E-state index is 11.3. The van der Waals surface area contributed by atoms with Crippen molar-refractivity contribution in [3.05, 3.63) is 29.8 Å². The predicted octanol–water partition coefficient (Wildman–Crippen LogP) is -0.0679. The predicted molar refractivity (Wildman–Crippen MR) is 89.4 cm³/mol. The van der Waals surface area contributed by atoms with E-state index in [1.165, 1.54) is 6.92 Å². The molecule has 7 heteroatoms. The monoisotopic (exact) mass is 341 g/mol.